The minimum Gasteiger partial charge on any atom is -0.449 e. The summed E-state index contributed by atoms with van der Waals surface area (Å²) in [6.07, 6.45) is 1.92. The molecule has 0 unspecified atom stereocenters. The molecule has 1 aromatic heterocycles. The Kier molecular flexibility index (Phi) is 5.81. The normalized spacial score (nSPS) is 13.9. The number of esters is 1. The molecule has 0 spiro atoms. The first-order valence-corrected chi connectivity index (χ1v) is 9.41. The molecule has 156 valence electrons. The molecule has 2 heterocycles. The Labute approximate surface area is 173 Å². The number of anilines is 1. The molecule has 30 heavy (non-hydrogen) atoms. The maximum Gasteiger partial charge on any atom is 0.338 e. The first-order valence-electron chi connectivity index (χ1n) is 9.41. The number of nitrogens with zero attached hydrogens (tertiary/aromatic N) is 3. The van der Waals surface area contributed by atoms with Crippen LogP contribution in [0.1, 0.15) is 57.9 Å². The van der Waals surface area contributed by atoms with Crippen LogP contribution in [-0.2, 0) is 9.53 Å². The molecule has 0 saturated heterocycles. The highest BCUT2D eigenvalue weighted by Gasteiger charge is 2.35. The monoisotopic (exact) mass is 410 g/mol. The second-order valence-electron chi connectivity index (χ2n) is 7.06. The van der Waals surface area contributed by atoms with Crippen LogP contribution in [0.15, 0.2) is 43.1 Å². The lowest BCUT2D eigenvalue weighted by Gasteiger charge is -2.16. The topological polar surface area (TPSA) is 111 Å². The van der Waals surface area contributed by atoms with Gasteiger partial charge in [-0.1, -0.05) is 6.08 Å². The number of aromatic nitrogens is 2. The van der Waals surface area contributed by atoms with Crippen molar-refractivity contribution < 1.29 is 23.9 Å². The Morgan fingerprint density at radius 3 is 2.53 bits per heavy atom. The van der Waals surface area contributed by atoms with Crippen molar-refractivity contribution in [2.24, 2.45) is 0 Å². The summed E-state index contributed by atoms with van der Waals surface area (Å²) < 4.78 is 6.87. The van der Waals surface area contributed by atoms with Crippen molar-refractivity contribution >= 4 is 29.5 Å². The number of rotatable bonds is 7. The van der Waals surface area contributed by atoms with Crippen LogP contribution in [0.2, 0.25) is 0 Å². The number of ether oxygens (including phenoxy) is 1. The molecule has 1 N–H and O–H groups in total. The van der Waals surface area contributed by atoms with E-state index in [4.69, 9.17) is 4.74 Å². The molecule has 1 atom stereocenters. The van der Waals surface area contributed by atoms with Crippen molar-refractivity contribution in [3.63, 3.8) is 0 Å². The Balaban J connectivity index is 1.70. The SMILES string of the molecule is C=CCN1C(=O)c2ccc(C(=O)O[C@H](C)C(=O)Nc3ccnn3C(C)C)cc2C1=O. The highest BCUT2D eigenvalue weighted by molar-refractivity contribution is 6.22. The van der Waals surface area contributed by atoms with E-state index in [1.165, 1.54) is 31.2 Å². The summed E-state index contributed by atoms with van der Waals surface area (Å²) >= 11 is 0. The summed E-state index contributed by atoms with van der Waals surface area (Å²) in [6.45, 7) is 8.89. The number of benzene rings is 1. The van der Waals surface area contributed by atoms with Gasteiger partial charge in [-0.25, -0.2) is 9.48 Å². The zero-order valence-electron chi connectivity index (χ0n) is 16.9. The number of carbonyl (C=O) groups is 4. The third-order valence-corrected chi connectivity index (χ3v) is 4.58. The van der Waals surface area contributed by atoms with Gasteiger partial charge in [0.25, 0.3) is 17.7 Å². The first-order chi connectivity index (χ1) is 14.2. The summed E-state index contributed by atoms with van der Waals surface area (Å²) in [5, 5.41) is 6.80. The predicted molar refractivity (Wildman–Crippen MR) is 108 cm³/mol. The van der Waals surface area contributed by atoms with Gasteiger partial charge in [-0.15, -0.1) is 6.58 Å². The van der Waals surface area contributed by atoms with Gasteiger partial charge in [-0.2, -0.15) is 5.10 Å². The summed E-state index contributed by atoms with van der Waals surface area (Å²) in [7, 11) is 0. The van der Waals surface area contributed by atoms with E-state index in [9.17, 15) is 19.2 Å². The van der Waals surface area contributed by atoms with Crippen molar-refractivity contribution in [1.29, 1.82) is 0 Å². The molecular weight excluding hydrogens is 388 g/mol. The molecule has 2 aromatic rings. The Hall–Kier alpha value is -3.75. The van der Waals surface area contributed by atoms with E-state index in [0.29, 0.717) is 5.82 Å². The molecule has 3 amide bonds. The fourth-order valence-corrected chi connectivity index (χ4v) is 3.05. The van der Waals surface area contributed by atoms with Crippen molar-refractivity contribution in [3.8, 4) is 0 Å². The van der Waals surface area contributed by atoms with Crippen molar-refractivity contribution in [2.75, 3.05) is 11.9 Å². The Morgan fingerprint density at radius 1 is 1.17 bits per heavy atom. The lowest BCUT2D eigenvalue weighted by Crippen LogP contribution is -2.31. The Bertz CT molecular complexity index is 1040. The van der Waals surface area contributed by atoms with Crippen LogP contribution in [0.5, 0.6) is 0 Å². The number of nitrogens with one attached hydrogen (secondary N) is 1. The second-order valence-corrected chi connectivity index (χ2v) is 7.06. The van der Waals surface area contributed by atoms with Gasteiger partial charge in [0.05, 0.1) is 22.9 Å². The van der Waals surface area contributed by atoms with Crippen molar-refractivity contribution in [3.05, 3.63) is 59.8 Å². The minimum absolute atomic E-state index is 0.0421. The summed E-state index contributed by atoms with van der Waals surface area (Å²) in [4.78, 5) is 50.6. The van der Waals surface area contributed by atoms with Crippen molar-refractivity contribution in [1.82, 2.24) is 14.7 Å². The molecule has 0 bridgehead atoms. The van der Waals surface area contributed by atoms with E-state index >= 15 is 0 Å². The van der Waals surface area contributed by atoms with Gasteiger partial charge < -0.3 is 10.1 Å². The highest BCUT2D eigenvalue weighted by atomic mass is 16.5. The molecule has 1 aliphatic heterocycles. The van der Waals surface area contributed by atoms with E-state index in [1.807, 2.05) is 13.8 Å². The van der Waals surface area contributed by atoms with Gasteiger partial charge in [0.1, 0.15) is 5.82 Å². The summed E-state index contributed by atoms with van der Waals surface area (Å²) in [5.41, 5.74) is 0.405. The van der Waals surface area contributed by atoms with Crippen LogP contribution in [0.4, 0.5) is 5.82 Å². The van der Waals surface area contributed by atoms with Crippen LogP contribution in [0, 0.1) is 0 Å². The Morgan fingerprint density at radius 2 is 1.87 bits per heavy atom. The summed E-state index contributed by atoms with van der Waals surface area (Å²) in [5.74, 6) is -1.75. The maximum atomic E-state index is 12.5. The lowest BCUT2D eigenvalue weighted by molar-refractivity contribution is -0.123. The molecule has 3 rings (SSSR count). The molecule has 1 aliphatic rings. The van der Waals surface area contributed by atoms with Gasteiger partial charge in [0.15, 0.2) is 6.10 Å². The number of fused-ring (bicyclic) bond motifs is 1. The first kappa shape index (κ1) is 21.0. The molecule has 9 nitrogen and oxygen atoms in total. The van der Waals surface area contributed by atoms with Crippen molar-refractivity contribution in [2.45, 2.75) is 32.9 Å². The molecule has 0 aliphatic carbocycles. The number of carbonyl (C=O) groups excluding carboxylic acids is 4. The zero-order chi connectivity index (χ0) is 22.0. The zero-order valence-corrected chi connectivity index (χ0v) is 16.9. The average molecular weight is 410 g/mol. The quantitative estimate of drug-likeness (QED) is 0.426. The van der Waals surface area contributed by atoms with Gasteiger partial charge in [0, 0.05) is 18.7 Å². The smallest absolute Gasteiger partial charge is 0.338 e. The molecule has 1 aromatic carbocycles. The molecule has 0 radical (unpaired) electrons. The number of hydrogen-bond acceptors (Lipinski definition) is 6. The molecule has 0 fully saturated rings. The van der Waals surface area contributed by atoms with E-state index < -0.39 is 29.8 Å². The molecule has 0 saturated carbocycles. The third kappa shape index (κ3) is 3.86. The van der Waals surface area contributed by atoms with E-state index in [1.54, 1.807) is 16.9 Å². The largest absolute Gasteiger partial charge is 0.449 e. The fourth-order valence-electron chi connectivity index (χ4n) is 3.05. The van der Waals surface area contributed by atoms with Crippen LogP contribution in [0.25, 0.3) is 0 Å². The van der Waals surface area contributed by atoms with Crippen LogP contribution in [0.3, 0.4) is 0 Å². The lowest BCUT2D eigenvalue weighted by atomic mass is 10.1. The second kappa shape index (κ2) is 8.32. The predicted octanol–water partition coefficient (Wildman–Crippen LogP) is 2.43. The van der Waals surface area contributed by atoms with Crippen LogP contribution >= 0.6 is 0 Å². The number of amides is 3. The van der Waals surface area contributed by atoms with E-state index in [-0.39, 0.29) is 29.3 Å². The summed E-state index contributed by atoms with van der Waals surface area (Å²) in [6, 6.07) is 5.79. The third-order valence-electron chi connectivity index (χ3n) is 4.58. The average Bonchev–Trinajstić information content (AvgIpc) is 3.26. The van der Waals surface area contributed by atoms with E-state index in [2.05, 4.69) is 17.0 Å². The molecule has 9 heteroatoms. The van der Waals surface area contributed by atoms with Gasteiger partial charge in [-0.05, 0) is 39.0 Å². The van der Waals surface area contributed by atoms with Gasteiger partial charge >= 0.3 is 5.97 Å². The standard InChI is InChI=1S/C21H22N4O5/c1-5-10-24-19(27)15-7-6-14(11-16(15)20(24)28)21(29)30-13(4)18(26)23-17-8-9-22-25(17)12(2)3/h5-9,11-13H,1,10H2,2-4H3,(H,23,26)/t13-/m1/s1. The fraction of sp³-hybridized carbons (Fsp3) is 0.286. The van der Waals surface area contributed by atoms with Gasteiger partial charge in [0.2, 0.25) is 0 Å². The van der Waals surface area contributed by atoms with Gasteiger partial charge in [-0.3, -0.25) is 19.3 Å². The number of hydrogen-bond donors (Lipinski definition) is 1. The number of imide groups is 1. The van der Waals surface area contributed by atoms with Crippen LogP contribution in [-0.4, -0.2) is 51.0 Å². The highest BCUT2D eigenvalue weighted by Crippen LogP contribution is 2.24. The molecular formula is C21H22N4O5. The van der Waals surface area contributed by atoms with Crippen LogP contribution < -0.4 is 5.32 Å². The van der Waals surface area contributed by atoms with E-state index in [0.717, 1.165) is 4.90 Å². The minimum atomic E-state index is -1.09. The maximum absolute atomic E-state index is 12.5.